The number of carbonyl (C=O) groups excluding carboxylic acids is 1. The van der Waals surface area contributed by atoms with Crippen LogP contribution in [0.15, 0.2) is 0 Å². The summed E-state index contributed by atoms with van der Waals surface area (Å²) in [4.78, 5) is 14.9. The Hall–Kier alpha value is -0.0300. The van der Waals surface area contributed by atoms with Gasteiger partial charge in [-0.05, 0) is 70.5 Å². The van der Waals surface area contributed by atoms with Crippen molar-refractivity contribution in [3.63, 3.8) is 0 Å². The summed E-state index contributed by atoms with van der Waals surface area (Å²) < 4.78 is 0. The van der Waals surface area contributed by atoms with Crippen molar-refractivity contribution in [2.45, 2.75) is 82.7 Å². The molecule has 3 fully saturated rings. The zero-order chi connectivity index (χ0) is 15.9. The first-order valence-electron chi connectivity index (χ1n) is 10.1. The zero-order valence-electron chi connectivity index (χ0n) is 15.5. The lowest BCUT2D eigenvalue weighted by Gasteiger charge is -2.26. The highest BCUT2D eigenvalue weighted by atomic mass is 35.5. The highest BCUT2D eigenvalue weighted by Crippen LogP contribution is 2.33. The number of likely N-dealkylation sites (tertiary alicyclic amines) is 1. The second kappa shape index (κ2) is 12.4. The van der Waals surface area contributed by atoms with Crippen molar-refractivity contribution in [1.29, 1.82) is 0 Å². The van der Waals surface area contributed by atoms with E-state index in [1.165, 1.54) is 77.4 Å². The molecule has 3 unspecified atom stereocenters. The second-order valence-corrected chi connectivity index (χ2v) is 7.86. The van der Waals surface area contributed by atoms with Crippen LogP contribution in [0.2, 0.25) is 0 Å². The maximum atomic E-state index is 12.3. The number of carbonyl (C=O) groups is 1. The number of fused-ring (bicyclic) bond motifs is 1. The fraction of sp³-hybridized carbons (Fsp3) is 0.947. The van der Waals surface area contributed by atoms with Crippen molar-refractivity contribution >= 4 is 30.7 Å². The standard InChI is InChI=1S/C19H35N3O.2ClH/c23-19(18-15-16-9-3-4-10-17(16)21-18)20-11-5-1-6-12-22-13-7-2-8-14-22;;/h16-18,21H,1-15H2,(H,20,23);2*1H. The lowest BCUT2D eigenvalue weighted by molar-refractivity contribution is -0.122. The number of hydrogen-bond donors (Lipinski definition) is 2. The molecule has 148 valence electrons. The van der Waals surface area contributed by atoms with Gasteiger partial charge in [0, 0.05) is 12.6 Å². The van der Waals surface area contributed by atoms with E-state index in [0.717, 1.165) is 25.3 Å². The number of halogens is 2. The minimum absolute atomic E-state index is 0. The predicted molar refractivity (Wildman–Crippen MR) is 109 cm³/mol. The molecule has 3 aliphatic rings. The lowest BCUT2D eigenvalue weighted by Crippen LogP contribution is -2.43. The van der Waals surface area contributed by atoms with Crippen LogP contribution in [0.5, 0.6) is 0 Å². The van der Waals surface area contributed by atoms with E-state index in [9.17, 15) is 4.79 Å². The van der Waals surface area contributed by atoms with E-state index in [-0.39, 0.29) is 36.8 Å². The molecule has 0 aromatic rings. The minimum Gasteiger partial charge on any atom is -0.355 e. The van der Waals surface area contributed by atoms with Crippen molar-refractivity contribution in [1.82, 2.24) is 15.5 Å². The van der Waals surface area contributed by atoms with Crippen LogP contribution in [0.1, 0.15) is 70.6 Å². The number of amides is 1. The topological polar surface area (TPSA) is 44.4 Å². The van der Waals surface area contributed by atoms with Gasteiger partial charge < -0.3 is 15.5 Å². The Balaban J connectivity index is 0.00000156. The summed E-state index contributed by atoms with van der Waals surface area (Å²) in [5, 5.41) is 6.73. The van der Waals surface area contributed by atoms with Crippen LogP contribution in [0.3, 0.4) is 0 Å². The molecule has 0 aromatic carbocycles. The highest BCUT2D eigenvalue weighted by Gasteiger charge is 2.37. The maximum absolute atomic E-state index is 12.3. The van der Waals surface area contributed by atoms with Gasteiger partial charge >= 0.3 is 0 Å². The molecule has 0 bridgehead atoms. The third-order valence-electron chi connectivity index (χ3n) is 6.08. The van der Waals surface area contributed by atoms with E-state index in [4.69, 9.17) is 0 Å². The van der Waals surface area contributed by atoms with Gasteiger partial charge in [-0.1, -0.05) is 25.7 Å². The van der Waals surface area contributed by atoms with Crippen LogP contribution in [0.25, 0.3) is 0 Å². The maximum Gasteiger partial charge on any atom is 0.237 e. The van der Waals surface area contributed by atoms with Crippen molar-refractivity contribution < 1.29 is 4.79 Å². The molecule has 2 saturated heterocycles. The summed E-state index contributed by atoms with van der Waals surface area (Å²) >= 11 is 0. The Kier molecular flexibility index (Phi) is 11.4. The molecule has 25 heavy (non-hydrogen) atoms. The average molecular weight is 394 g/mol. The molecule has 1 saturated carbocycles. The molecular weight excluding hydrogens is 357 g/mol. The van der Waals surface area contributed by atoms with Gasteiger partial charge in [0.15, 0.2) is 0 Å². The summed E-state index contributed by atoms with van der Waals surface area (Å²) in [5.41, 5.74) is 0. The van der Waals surface area contributed by atoms with Gasteiger partial charge in [0.2, 0.25) is 5.91 Å². The molecule has 0 radical (unpaired) electrons. The molecule has 3 atom stereocenters. The first-order valence-corrected chi connectivity index (χ1v) is 10.1. The van der Waals surface area contributed by atoms with Crippen LogP contribution >= 0.6 is 24.8 Å². The molecule has 3 rings (SSSR count). The van der Waals surface area contributed by atoms with Gasteiger partial charge in [-0.3, -0.25) is 4.79 Å². The van der Waals surface area contributed by atoms with Gasteiger partial charge in [-0.2, -0.15) is 0 Å². The van der Waals surface area contributed by atoms with E-state index >= 15 is 0 Å². The number of rotatable bonds is 7. The molecule has 6 heteroatoms. The van der Waals surface area contributed by atoms with Gasteiger partial charge in [0.05, 0.1) is 6.04 Å². The highest BCUT2D eigenvalue weighted by molar-refractivity contribution is 5.85. The Bertz CT molecular complexity index is 364. The molecule has 2 aliphatic heterocycles. The monoisotopic (exact) mass is 393 g/mol. The Morgan fingerprint density at radius 1 is 0.960 bits per heavy atom. The Morgan fingerprint density at radius 2 is 1.72 bits per heavy atom. The number of hydrogen-bond acceptors (Lipinski definition) is 3. The van der Waals surface area contributed by atoms with Gasteiger partial charge in [0.25, 0.3) is 0 Å². The normalized spacial score (nSPS) is 29.2. The van der Waals surface area contributed by atoms with Crippen molar-refractivity contribution in [2.75, 3.05) is 26.2 Å². The van der Waals surface area contributed by atoms with Crippen molar-refractivity contribution in [3.8, 4) is 0 Å². The fourth-order valence-corrected chi connectivity index (χ4v) is 4.68. The largest absolute Gasteiger partial charge is 0.355 e. The quantitative estimate of drug-likeness (QED) is 0.650. The number of nitrogens with one attached hydrogen (secondary N) is 2. The SMILES string of the molecule is Cl.Cl.O=C(NCCCCCN1CCCCC1)C1CC2CCCCC2N1. The smallest absolute Gasteiger partial charge is 0.237 e. The molecule has 4 nitrogen and oxygen atoms in total. The van der Waals surface area contributed by atoms with E-state index in [1.807, 2.05) is 0 Å². The summed E-state index contributed by atoms with van der Waals surface area (Å²) in [6.07, 6.45) is 14.2. The molecule has 0 aromatic heterocycles. The number of piperidine rings is 1. The lowest BCUT2D eigenvalue weighted by atomic mass is 9.85. The molecule has 2 N–H and O–H groups in total. The summed E-state index contributed by atoms with van der Waals surface area (Å²) in [6, 6.07) is 0.695. The first-order chi connectivity index (χ1) is 11.3. The van der Waals surface area contributed by atoms with Crippen LogP contribution in [0.4, 0.5) is 0 Å². The Labute approximate surface area is 166 Å². The zero-order valence-corrected chi connectivity index (χ0v) is 17.1. The van der Waals surface area contributed by atoms with Crippen LogP contribution in [-0.4, -0.2) is 49.1 Å². The second-order valence-electron chi connectivity index (χ2n) is 7.86. The molecule has 1 amide bonds. The van der Waals surface area contributed by atoms with E-state index in [2.05, 4.69) is 15.5 Å². The van der Waals surface area contributed by atoms with Crippen molar-refractivity contribution in [2.24, 2.45) is 5.92 Å². The molecule has 0 spiro atoms. The molecule has 1 aliphatic carbocycles. The third kappa shape index (κ3) is 7.24. The first kappa shape index (κ1) is 23.0. The molecule has 2 heterocycles. The van der Waals surface area contributed by atoms with Crippen molar-refractivity contribution in [3.05, 3.63) is 0 Å². The summed E-state index contributed by atoms with van der Waals surface area (Å²) in [6.45, 7) is 4.70. The van der Waals surface area contributed by atoms with Gasteiger partial charge in [-0.25, -0.2) is 0 Å². The van der Waals surface area contributed by atoms with E-state index < -0.39 is 0 Å². The van der Waals surface area contributed by atoms with Crippen LogP contribution in [-0.2, 0) is 4.79 Å². The fourth-order valence-electron chi connectivity index (χ4n) is 4.68. The van der Waals surface area contributed by atoms with E-state index in [0.29, 0.717) is 6.04 Å². The van der Waals surface area contributed by atoms with Crippen LogP contribution < -0.4 is 10.6 Å². The van der Waals surface area contributed by atoms with Crippen LogP contribution in [0, 0.1) is 5.92 Å². The summed E-state index contributed by atoms with van der Waals surface area (Å²) in [7, 11) is 0. The predicted octanol–water partition coefficient (Wildman–Crippen LogP) is 3.52. The Morgan fingerprint density at radius 3 is 2.48 bits per heavy atom. The van der Waals surface area contributed by atoms with Gasteiger partial charge in [0.1, 0.15) is 0 Å². The number of nitrogens with zero attached hydrogens (tertiary/aromatic N) is 1. The molecular formula is C19H37Cl2N3O. The van der Waals surface area contributed by atoms with Gasteiger partial charge in [-0.15, -0.1) is 24.8 Å². The van der Waals surface area contributed by atoms with E-state index in [1.54, 1.807) is 0 Å². The minimum atomic E-state index is 0. The third-order valence-corrected chi connectivity index (χ3v) is 6.08. The summed E-state index contributed by atoms with van der Waals surface area (Å²) in [5.74, 6) is 1.000. The average Bonchev–Trinajstić information content (AvgIpc) is 3.03. The number of unbranched alkanes of at least 4 members (excludes halogenated alkanes) is 2.